The highest BCUT2D eigenvalue weighted by Crippen LogP contribution is 2.43. The lowest BCUT2D eigenvalue weighted by atomic mass is 9.85. The van der Waals surface area contributed by atoms with E-state index in [0.717, 1.165) is 18.7 Å². The smallest absolute Gasteiger partial charge is 0.329 e. The van der Waals surface area contributed by atoms with Crippen molar-refractivity contribution in [3.05, 3.63) is 94.5 Å². The van der Waals surface area contributed by atoms with E-state index in [-0.39, 0.29) is 61.5 Å². The van der Waals surface area contributed by atoms with Crippen molar-refractivity contribution in [1.82, 2.24) is 54.1 Å². The van der Waals surface area contributed by atoms with Crippen molar-refractivity contribution in [2.24, 2.45) is 7.05 Å². The number of amides is 6. The topological polar surface area (TPSA) is 189 Å². The number of halogens is 3. The first kappa shape index (κ1) is 43.6. The van der Waals surface area contributed by atoms with Gasteiger partial charge in [-0.25, -0.2) is 27.9 Å². The van der Waals surface area contributed by atoms with E-state index in [1.54, 1.807) is 75.9 Å². The maximum absolute atomic E-state index is 16.0. The summed E-state index contributed by atoms with van der Waals surface area (Å²) in [5.41, 5.74) is 3.78. The van der Waals surface area contributed by atoms with Crippen LogP contribution in [-0.4, -0.2) is 124 Å². The third-order valence-electron chi connectivity index (χ3n) is 14.0. The molecule has 3 saturated heterocycles. The van der Waals surface area contributed by atoms with Crippen LogP contribution in [-0.2, 0) is 40.9 Å². The largest absolute Gasteiger partial charge is 0.341 e. The minimum Gasteiger partial charge on any atom is -0.341 e. The van der Waals surface area contributed by atoms with Crippen molar-refractivity contribution in [3.8, 4) is 11.1 Å². The van der Waals surface area contributed by atoms with Crippen LogP contribution in [0.1, 0.15) is 83.0 Å². The zero-order chi connectivity index (χ0) is 47.0. The van der Waals surface area contributed by atoms with Crippen LogP contribution >= 0.6 is 11.3 Å². The third kappa shape index (κ3) is 7.77. The highest BCUT2D eigenvalue weighted by molar-refractivity contribution is 7.13. The molecule has 5 aliphatic rings. The molecule has 0 radical (unpaired) electrons. The molecule has 0 aliphatic carbocycles. The number of piperidine rings is 2. The van der Waals surface area contributed by atoms with Gasteiger partial charge in [0.1, 0.15) is 5.82 Å². The molecule has 11 rings (SSSR count). The molecule has 0 bridgehead atoms. The summed E-state index contributed by atoms with van der Waals surface area (Å²) in [5.74, 6) is -5.98. The fourth-order valence-electron chi connectivity index (χ4n) is 10.5. The molecule has 18 nitrogen and oxygen atoms in total. The monoisotopic (exact) mass is 949 g/mol. The number of nitrogens with zero attached hydrogens (tertiary/aromatic N) is 11. The molecule has 2 atom stereocenters. The van der Waals surface area contributed by atoms with Crippen LogP contribution in [0.4, 0.5) is 28.9 Å². The van der Waals surface area contributed by atoms with Gasteiger partial charge in [-0.1, -0.05) is 6.07 Å². The van der Waals surface area contributed by atoms with E-state index in [9.17, 15) is 24.0 Å². The Hall–Kier alpha value is -6.94. The molecule has 2 unspecified atom stereocenters. The first-order chi connectivity index (χ1) is 32.8. The van der Waals surface area contributed by atoms with Crippen LogP contribution < -0.4 is 15.5 Å². The highest BCUT2D eigenvalue weighted by Gasteiger charge is 2.47. The maximum Gasteiger partial charge on any atom is 0.329 e. The van der Waals surface area contributed by atoms with Gasteiger partial charge in [0, 0.05) is 85.2 Å². The van der Waals surface area contributed by atoms with Crippen LogP contribution in [0.25, 0.3) is 22.0 Å². The standard InChI is InChI=1S/C46H46F3N13O5S/c1-56-36-19-26(4-5-30(36)41(55-56)60-15-9-37(63)53-45(60)67)33-8-12-57(24-46(33,48)49)23-38(64)58-13-6-29(7-14-58)62-21-28(20-52-62)27-17-31-32(34(47)18-27)22-61(43(31)66)40(42(65)54-44-50-10-16-68-44)39-35-3-2-11-59(35)25-51-39/h4-5,10,16-21,25,29,33,40H,2-3,6-9,11-15,22-24H2,1H3,(H,50,54,65)(H,53,63,67). The van der Waals surface area contributed by atoms with Gasteiger partial charge in [0.25, 0.3) is 17.7 Å². The minimum atomic E-state index is -3.12. The van der Waals surface area contributed by atoms with E-state index < -0.39 is 48.1 Å². The summed E-state index contributed by atoms with van der Waals surface area (Å²) in [5, 5.41) is 16.9. The van der Waals surface area contributed by atoms with Gasteiger partial charge in [-0.3, -0.25) is 49.0 Å². The number of likely N-dealkylation sites (tertiary alicyclic amines) is 2. The summed E-state index contributed by atoms with van der Waals surface area (Å²) in [6.45, 7) is 1.22. The first-order valence-electron chi connectivity index (χ1n) is 22.7. The Morgan fingerprint density at radius 3 is 2.62 bits per heavy atom. The summed E-state index contributed by atoms with van der Waals surface area (Å²) in [7, 11) is 1.68. The fourth-order valence-corrected chi connectivity index (χ4v) is 11.0. The second kappa shape index (κ2) is 17.0. The summed E-state index contributed by atoms with van der Waals surface area (Å²) >= 11 is 1.25. The zero-order valence-corrected chi connectivity index (χ0v) is 37.7. The molecule has 2 aromatic carbocycles. The summed E-state index contributed by atoms with van der Waals surface area (Å²) < 4.78 is 53.2. The average Bonchev–Trinajstić information content (AvgIpc) is 4.19. The van der Waals surface area contributed by atoms with Crippen molar-refractivity contribution in [3.63, 3.8) is 0 Å². The number of nitrogens with one attached hydrogen (secondary N) is 2. The fraction of sp³-hybridized carbons (Fsp3) is 0.413. The molecule has 3 fully saturated rings. The molecule has 68 heavy (non-hydrogen) atoms. The van der Waals surface area contributed by atoms with Crippen LogP contribution in [0.5, 0.6) is 0 Å². The predicted octanol–water partition coefficient (Wildman–Crippen LogP) is 5.25. The van der Waals surface area contributed by atoms with Gasteiger partial charge in [-0.2, -0.15) is 10.2 Å². The Kier molecular flexibility index (Phi) is 10.9. The SMILES string of the molecule is Cn1nc(N2CCC(=O)NC2=O)c2ccc(C3CCN(CC(=O)N4CCC(n5cc(-c6cc(F)c7c(c6)C(=O)N(C(C(=O)Nc6nccs6)c6ncn8c6CCC8)C7)cn5)CC4)CC3(F)F)cc21. The Balaban J connectivity index is 0.713. The number of carbonyl (C=O) groups is 5. The Bertz CT molecular complexity index is 3010. The molecule has 4 aromatic heterocycles. The van der Waals surface area contributed by atoms with Gasteiger partial charge in [0.05, 0.1) is 55.3 Å². The van der Waals surface area contributed by atoms with E-state index in [1.165, 1.54) is 32.1 Å². The van der Waals surface area contributed by atoms with E-state index >= 15 is 13.2 Å². The number of hydrogen-bond donors (Lipinski definition) is 2. The van der Waals surface area contributed by atoms with E-state index in [0.29, 0.717) is 83.1 Å². The normalized spacial score (nSPS) is 20.3. The molecule has 2 N–H and O–H groups in total. The summed E-state index contributed by atoms with van der Waals surface area (Å²) in [4.78, 5) is 80.5. The number of alkyl halides is 2. The number of rotatable bonds is 10. The second-order valence-electron chi connectivity index (χ2n) is 18.1. The maximum atomic E-state index is 16.0. The number of imidazole rings is 1. The number of anilines is 2. The van der Waals surface area contributed by atoms with Gasteiger partial charge in [-0.05, 0) is 74.0 Å². The number of aromatic nitrogens is 7. The number of imide groups is 1. The molecule has 352 valence electrons. The molecule has 5 aliphatic heterocycles. The number of hydrogen-bond acceptors (Lipinski definition) is 11. The number of fused-ring (bicyclic) bond motifs is 3. The second-order valence-corrected chi connectivity index (χ2v) is 19.0. The molecule has 6 amide bonds. The average molecular weight is 950 g/mol. The first-order valence-corrected chi connectivity index (χ1v) is 23.6. The molecular weight excluding hydrogens is 904 g/mol. The Labute approximate surface area is 390 Å². The van der Waals surface area contributed by atoms with E-state index in [2.05, 4.69) is 30.8 Å². The molecular formula is C46H46F3N13O5S. The van der Waals surface area contributed by atoms with Crippen molar-refractivity contribution in [2.45, 2.75) is 75.5 Å². The van der Waals surface area contributed by atoms with E-state index in [4.69, 9.17) is 0 Å². The quantitative estimate of drug-likeness (QED) is 0.184. The summed E-state index contributed by atoms with van der Waals surface area (Å²) in [6.07, 6.45) is 9.66. The number of aryl methyl sites for hydroxylation is 2. The van der Waals surface area contributed by atoms with Crippen LogP contribution in [0.2, 0.25) is 0 Å². The van der Waals surface area contributed by atoms with Crippen LogP contribution in [0.15, 0.2) is 60.6 Å². The number of benzene rings is 2. The number of carbonyl (C=O) groups excluding carboxylic acids is 5. The van der Waals surface area contributed by atoms with Gasteiger partial charge in [-0.15, -0.1) is 11.3 Å². The number of urea groups is 1. The molecule has 0 spiro atoms. The lowest BCUT2D eigenvalue weighted by Crippen LogP contribution is -2.51. The zero-order valence-electron chi connectivity index (χ0n) is 36.9. The van der Waals surface area contributed by atoms with Crippen molar-refractivity contribution < 1.29 is 37.1 Å². The van der Waals surface area contributed by atoms with Crippen LogP contribution in [0, 0.1) is 5.82 Å². The lowest BCUT2D eigenvalue weighted by Gasteiger charge is -2.39. The van der Waals surface area contributed by atoms with Gasteiger partial charge in [0.2, 0.25) is 11.8 Å². The molecule has 6 aromatic rings. The molecule has 0 saturated carbocycles. The van der Waals surface area contributed by atoms with Crippen molar-refractivity contribution in [1.29, 1.82) is 0 Å². The van der Waals surface area contributed by atoms with Crippen molar-refractivity contribution >= 4 is 62.8 Å². The van der Waals surface area contributed by atoms with Crippen molar-refractivity contribution in [2.75, 3.05) is 49.5 Å². The lowest BCUT2D eigenvalue weighted by molar-refractivity contribution is -0.137. The summed E-state index contributed by atoms with van der Waals surface area (Å²) in [6, 6.07) is 6.28. The predicted molar refractivity (Wildman–Crippen MR) is 241 cm³/mol. The highest BCUT2D eigenvalue weighted by atomic mass is 32.1. The van der Waals surface area contributed by atoms with Gasteiger partial charge < -0.3 is 14.4 Å². The minimum absolute atomic E-state index is 0.0768. The Morgan fingerprint density at radius 1 is 1.00 bits per heavy atom. The van der Waals surface area contributed by atoms with Gasteiger partial charge >= 0.3 is 6.03 Å². The van der Waals surface area contributed by atoms with E-state index in [1.807, 2.05) is 4.57 Å². The molecule has 22 heteroatoms. The van der Waals surface area contributed by atoms with Crippen LogP contribution in [0.3, 0.4) is 0 Å². The third-order valence-corrected chi connectivity index (χ3v) is 14.7. The Morgan fingerprint density at radius 2 is 1.84 bits per heavy atom. The number of thiazole rings is 1. The molecule has 9 heterocycles. The van der Waals surface area contributed by atoms with Gasteiger partial charge in [0.15, 0.2) is 17.0 Å².